The molecule has 27 heavy (non-hydrogen) atoms. The van der Waals surface area contributed by atoms with Crippen molar-refractivity contribution in [2.45, 2.75) is 24.6 Å². The molecular formula is C19H15F3O5. The highest BCUT2D eigenvalue weighted by Gasteiger charge is 2.34. The van der Waals surface area contributed by atoms with Crippen molar-refractivity contribution >= 4 is 5.97 Å². The second-order valence-corrected chi connectivity index (χ2v) is 6.48. The molecule has 0 spiro atoms. The summed E-state index contributed by atoms with van der Waals surface area (Å²) in [6.45, 7) is 0.305. The molecule has 0 aliphatic carbocycles. The van der Waals surface area contributed by atoms with Crippen LogP contribution in [0.4, 0.5) is 13.2 Å². The fourth-order valence-corrected chi connectivity index (χ4v) is 3.30. The Balaban J connectivity index is 1.59. The van der Waals surface area contributed by atoms with Crippen LogP contribution in [0.5, 0.6) is 17.2 Å². The molecule has 0 fully saturated rings. The molecule has 0 saturated heterocycles. The number of hydrogen-bond acceptors (Lipinski definition) is 4. The summed E-state index contributed by atoms with van der Waals surface area (Å²) >= 11 is 0. The minimum absolute atomic E-state index is 0.0531. The zero-order valence-electron chi connectivity index (χ0n) is 14.0. The summed E-state index contributed by atoms with van der Waals surface area (Å²) in [4.78, 5) is 11.0. The molecule has 2 aliphatic heterocycles. The van der Waals surface area contributed by atoms with Gasteiger partial charge in [-0.1, -0.05) is 12.1 Å². The van der Waals surface area contributed by atoms with Gasteiger partial charge in [0, 0.05) is 17.5 Å². The fourth-order valence-electron chi connectivity index (χ4n) is 3.30. The summed E-state index contributed by atoms with van der Waals surface area (Å²) in [5.74, 6) is 0.105. The molecule has 2 aromatic rings. The summed E-state index contributed by atoms with van der Waals surface area (Å²) in [6, 6.07) is 8.23. The van der Waals surface area contributed by atoms with E-state index in [1.54, 1.807) is 18.2 Å². The van der Waals surface area contributed by atoms with Gasteiger partial charge >= 0.3 is 12.1 Å². The van der Waals surface area contributed by atoms with E-state index in [4.69, 9.17) is 19.3 Å². The zero-order valence-corrected chi connectivity index (χ0v) is 14.0. The Hall–Kier alpha value is -2.90. The van der Waals surface area contributed by atoms with Gasteiger partial charge in [0.25, 0.3) is 0 Å². The number of alkyl halides is 3. The molecule has 0 aromatic heterocycles. The maximum atomic E-state index is 12.9. The summed E-state index contributed by atoms with van der Waals surface area (Å²) in [6.07, 6.45) is -5.18. The molecule has 2 aromatic carbocycles. The van der Waals surface area contributed by atoms with Crippen LogP contribution in [-0.4, -0.2) is 24.3 Å². The highest BCUT2D eigenvalue weighted by molar-refractivity contribution is 5.69. The molecule has 0 saturated carbocycles. The number of hydrogen-bond donors (Lipinski definition) is 1. The monoisotopic (exact) mass is 380 g/mol. The van der Waals surface area contributed by atoms with Gasteiger partial charge in [-0.05, 0) is 23.8 Å². The van der Waals surface area contributed by atoms with Gasteiger partial charge < -0.3 is 19.3 Å². The van der Waals surface area contributed by atoms with Crippen LogP contribution in [0.15, 0.2) is 36.4 Å². The van der Waals surface area contributed by atoms with Crippen molar-refractivity contribution in [1.29, 1.82) is 0 Å². The highest BCUT2D eigenvalue weighted by Crippen LogP contribution is 2.46. The lowest BCUT2D eigenvalue weighted by atomic mass is 9.97. The number of carboxylic acids is 1. The molecule has 0 amide bonds. The van der Waals surface area contributed by atoms with Crippen molar-refractivity contribution in [1.82, 2.24) is 0 Å². The van der Waals surface area contributed by atoms with Crippen molar-refractivity contribution in [3.63, 3.8) is 0 Å². The number of ether oxygens (including phenoxy) is 3. The fraction of sp³-hybridized carbons (Fsp3) is 0.316. The van der Waals surface area contributed by atoms with Crippen molar-refractivity contribution < 1.29 is 37.3 Å². The number of aliphatic carboxylic acids is 1. The second kappa shape index (κ2) is 6.37. The molecule has 0 bridgehead atoms. The summed E-state index contributed by atoms with van der Waals surface area (Å²) in [5.41, 5.74) is 0.348. The van der Waals surface area contributed by atoms with Gasteiger partial charge in [0.15, 0.2) is 17.6 Å². The van der Waals surface area contributed by atoms with Crippen LogP contribution >= 0.6 is 0 Å². The summed E-state index contributed by atoms with van der Waals surface area (Å²) in [7, 11) is 0. The Kier molecular flexibility index (Phi) is 4.13. The molecular weight excluding hydrogens is 365 g/mol. The van der Waals surface area contributed by atoms with Gasteiger partial charge in [0.2, 0.25) is 0 Å². The predicted octanol–water partition coefficient (Wildman–Crippen LogP) is 4.17. The number of rotatable bonds is 3. The zero-order chi connectivity index (χ0) is 19.2. The topological polar surface area (TPSA) is 65.0 Å². The Bertz CT molecular complexity index is 893. The van der Waals surface area contributed by atoms with Crippen LogP contribution in [0, 0.1) is 0 Å². The van der Waals surface area contributed by atoms with Crippen molar-refractivity contribution in [3.8, 4) is 17.2 Å². The lowest BCUT2D eigenvalue weighted by Gasteiger charge is -2.27. The normalized spacial score (nSPS) is 20.7. The number of carbonyl (C=O) groups is 1. The van der Waals surface area contributed by atoms with E-state index in [2.05, 4.69) is 0 Å². The van der Waals surface area contributed by atoms with Crippen LogP contribution in [0.25, 0.3) is 0 Å². The molecule has 4 rings (SSSR count). The van der Waals surface area contributed by atoms with Crippen LogP contribution < -0.4 is 14.2 Å². The molecule has 2 atom stereocenters. The first-order chi connectivity index (χ1) is 12.8. The average molecular weight is 380 g/mol. The average Bonchev–Trinajstić information content (AvgIpc) is 3.00. The van der Waals surface area contributed by atoms with Gasteiger partial charge in [-0.25, -0.2) is 0 Å². The van der Waals surface area contributed by atoms with E-state index in [-0.39, 0.29) is 25.6 Å². The van der Waals surface area contributed by atoms with Crippen molar-refractivity contribution in [2.75, 3.05) is 13.2 Å². The Morgan fingerprint density at radius 3 is 2.59 bits per heavy atom. The van der Waals surface area contributed by atoms with Gasteiger partial charge in [-0.2, -0.15) is 13.2 Å². The minimum Gasteiger partial charge on any atom is -0.492 e. The number of halogens is 3. The molecule has 0 radical (unpaired) electrons. The third-order valence-electron chi connectivity index (χ3n) is 4.62. The van der Waals surface area contributed by atoms with Gasteiger partial charge in [0.05, 0.1) is 18.6 Å². The Labute approximate surface area is 152 Å². The standard InChI is InChI=1S/C19H15F3O5/c20-19(21,22)12-3-1-2-10(4-12)17-9-26-15-6-13-11(5-18(23)24)8-25-14(13)7-16(15)27-17/h1-4,6-7,11,17H,5,8-9H2,(H,23,24)/t11-,17-/m1/s1. The molecule has 2 heterocycles. The molecule has 2 aliphatic rings. The van der Waals surface area contributed by atoms with E-state index in [1.807, 2.05) is 0 Å². The number of benzene rings is 2. The van der Waals surface area contributed by atoms with Crippen LogP contribution in [0.1, 0.15) is 35.1 Å². The van der Waals surface area contributed by atoms with E-state index < -0.39 is 23.8 Å². The SMILES string of the molecule is O=C(O)C[C@@H]1COc2cc3c(cc21)OC[C@H](c1cccc(C(F)(F)F)c1)O3. The summed E-state index contributed by atoms with van der Waals surface area (Å²) < 4.78 is 55.8. The molecule has 5 nitrogen and oxygen atoms in total. The quantitative estimate of drug-likeness (QED) is 0.866. The largest absolute Gasteiger partial charge is 0.492 e. The second-order valence-electron chi connectivity index (χ2n) is 6.48. The summed E-state index contributed by atoms with van der Waals surface area (Å²) in [5, 5.41) is 8.99. The van der Waals surface area contributed by atoms with Crippen molar-refractivity contribution in [2.24, 2.45) is 0 Å². The van der Waals surface area contributed by atoms with Crippen LogP contribution in [0.2, 0.25) is 0 Å². The molecule has 0 unspecified atom stereocenters. The number of fused-ring (bicyclic) bond motifs is 2. The maximum Gasteiger partial charge on any atom is 0.416 e. The Morgan fingerprint density at radius 2 is 1.85 bits per heavy atom. The van der Waals surface area contributed by atoms with Crippen molar-refractivity contribution in [3.05, 3.63) is 53.1 Å². The minimum atomic E-state index is -4.43. The maximum absolute atomic E-state index is 12.9. The lowest BCUT2D eigenvalue weighted by Crippen LogP contribution is -2.22. The molecule has 1 N–H and O–H groups in total. The lowest BCUT2D eigenvalue weighted by molar-refractivity contribution is -0.138. The third-order valence-corrected chi connectivity index (χ3v) is 4.62. The highest BCUT2D eigenvalue weighted by atomic mass is 19.4. The van der Waals surface area contributed by atoms with E-state index >= 15 is 0 Å². The Morgan fingerprint density at radius 1 is 1.07 bits per heavy atom. The van der Waals surface area contributed by atoms with E-state index in [9.17, 15) is 18.0 Å². The predicted molar refractivity (Wildman–Crippen MR) is 87.2 cm³/mol. The van der Waals surface area contributed by atoms with E-state index in [1.165, 1.54) is 6.07 Å². The van der Waals surface area contributed by atoms with Crippen LogP contribution in [-0.2, 0) is 11.0 Å². The van der Waals surface area contributed by atoms with Gasteiger partial charge in [0.1, 0.15) is 12.4 Å². The number of carboxylic acid groups (broad SMARTS) is 1. The molecule has 8 heteroatoms. The first kappa shape index (κ1) is 17.5. The first-order valence-electron chi connectivity index (χ1n) is 8.30. The van der Waals surface area contributed by atoms with Gasteiger partial charge in [-0.3, -0.25) is 4.79 Å². The van der Waals surface area contributed by atoms with E-state index in [0.29, 0.717) is 22.8 Å². The van der Waals surface area contributed by atoms with Crippen LogP contribution in [0.3, 0.4) is 0 Å². The first-order valence-corrected chi connectivity index (χ1v) is 8.30. The third kappa shape index (κ3) is 3.39. The molecule has 142 valence electrons. The smallest absolute Gasteiger partial charge is 0.416 e. The van der Waals surface area contributed by atoms with E-state index in [0.717, 1.165) is 17.7 Å². The van der Waals surface area contributed by atoms with Gasteiger partial charge in [-0.15, -0.1) is 0 Å².